The molecule has 0 aliphatic carbocycles. The van der Waals surface area contributed by atoms with Gasteiger partial charge in [0.1, 0.15) is 12.2 Å². The molecule has 39 heavy (non-hydrogen) atoms. The number of hydrogen-bond acceptors (Lipinski definition) is 8. The highest BCUT2D eigenvalue weighted by Gasteiger charge is 2.46. The number of aliphatic hydroxyl groups is 1. The Kier molecular flexibility index (Phi) is 6.34. The number of ether oxygens (including phenoxy) is 2. The monoisotopic (exact) mass is 538 g/mol. The summed E-state index contributed by atoms with van der Waals surface area (Å²) in [5.41, 5.74) is 1.95. The minimum atomic E-state index is -0.971. The molecule has 1 aliphatic rings. The standard InChI is InChI=1S/C30H22N2O6S/c1-36-23-16-20(11-12-22(23)37-17-18-7-3-2-4-8-18)26-25(28(34)29(35)32(26)30-31-13-14-39-30)27(33)24-15-19-9-5-6-10-21(19)38-24/h2-16,26,34H,17H2,1H3. The second-order valence-corrected chi connectivity index (χ2v) is 9.69. The van der Waals surface area contributed by atoms with Gasteiger partial charge in [-0.05, 0) is 35.4 Å². The normalized spacial score (nSPS) is 15.3. The predicted molar refractivity (Wildman–Crippen MR) is 146 cm³/mol. The molecule has 1 atom stereocenters. The Morgan fingerprint density at radius 2 is 1.85 bits per heavy atom. The molecule has 3 aromatic carbocycles. The summed E-state index contributed by atoms with van der Waals surface area (Å²) in [7, 11) is 1.51. The lowest BCUT2D eigenvalue weighted by Crippen LogP contribution is -2.31. The van der Waals surface area contributed by atoms with Crippen molar-refractivity contribution in [2.24, 2.45) is 0 Å². The van der Waals surface area contributed by atoms with Crippen molar-refractivity contribution in [1.82, 2.24) is 4.98 Å². The minimum absolute atomic E-state index is 0.0197. The maximum atomic E-state index is 13.8. The first-order valence-electron chi connectivity index (χ1n) is 12.1. The fourth-order valence-corrected chi connectivity index (χ4v) is 5.29. The van der Waals surface area contributed by atoms with E-state index in [-0.39, 0.29) is 11.3 Å². The number of nitrogens with zero attached hydrogens (tertiary/aromatic N) is 2. The van der Waals surface area contributed by atoms with Gasteiger partial charge in [-0.2, -0.15) is 0 Å². The van der Waals surface area contributed by atoms with Crippen LogP contribution in [0.15, 0.2) is 106 Å². The number of carbonyl (C=O) groups excluding carboxylic acids is 2. The Balaban J connectivity index is 1.41. The quantitative estimate of drug-likeness (QED) is 0.233. The summed E-state index contributed by atoms with van der Waals surface area (Å²) in [6.07, 6.45) is 1.56. The molecule has 1 unspecified atom stereocenters. The van der Waals surface area contributed by atoms with E-state index in [4.69, 9.17) is 13.9 Å². The van der Waals surface area contributed by atoms with Crippen molar-refractivity contribution in [2.45, 2.75) is 12.6 Å². The zero-order valence-electron chi connectivity index (χ0n) is 20.7. The number of carbonyl (C=O) groups is 2. The van der Waals surface area contributed by atoms with E-state index < -0.39 is 23.5 Å². The topological polar surface area (TPSA) is 102 Å². The molecule has 1 aliphatic heterocycles. The summed E-state index contributed by atoms with van der Waals surface area (Å²) in [6.45, 7) is 0.334. The fourth-order valence-electron chi connectivity index (χ4n) is 4.62. The number of Topliss-reactive ketones (excluding diaryl/α,β-unsaturated/α-hetero) is 1. The van der Waals surface area contributed by atoms with Gasteiger partial charge in [0.2, 0.25) is 5.78 Å². The Labute approximate surface area is 227 Å². The SMILES string of the molecule is COc1cc(C2C(C(=O)c3cc4ccccc4o3)=C(O)C(=O)N2c2nccs2)ccc1OCc1ccccc1. The molecular formula is C30H22N2O6S. The molecule has 8 nitrogen and oxygen atoms in total. The van der Waals surface area contributed by atoms with E-state index in [2.05, 4.69) is 4.98 Å². The Morgan fingerprint density at radius 3 is 2.59 bits per heavy atom. The Hall–Kier alpha value is -4.89. The van der Waals surface area contributed by atoms with Gasteiger partial charge in [0.05, 0.1) is 18.7 Å². The number of benzene rings is 3. The number of anilines is 1. The molecule has 0 fully saturated rings. The average Bonchev–Trinajstić information content (AvgIpc) is 3.71. The Morgan fingerprint density at radius 1 is 1.05 bits per heavy atom. The summed E-state index contributed by atoms with van der Waals surface area (Å²) in [6, 6.07) is 22.7. The van der Waals surface area contributed by atoms with Crippen LogP contribution in [0, 0.1) is 0 Å². The number of methoxy groups -OCH3 is 1. The van der Waals surface area contributed by atoms with E-state index in [1.165, 1.54) is 23.3 Å². The molecule has 0 radical (unpaired) electrons. The van der Waals surface area contributed by atoms with E-state index in [9.17, 15) is 14.7 Å². The second kappa shape index (κ2) is 10.1. The summed E-state index contributed by atoms with van der Waals surface area (Å²) in [5.74, 6) is -1.04. The summed E-state index contributed by atoms with van der Waals surface area (Å²) >= 11 is 1.22. The maximum absolute atomic E-state index is 13.8. The molecule has 194 valence electrons. The van der Waals surface area contributed by atoms with Gasteiger partial charge in [0.25, 0.3) is 5.91 Å². The van der Waals surface area contributed by atoms with Gasteiger partial charge in [-0.1, -0.05) is 54.6 Å². The van der Waals surface area contributed by atoms with Gasteiger partial charge in [-0.25, -0.2) is 4.98 Å². The van der Waals surface area contributed by atoms with Crippen LogP contribution in [0.5, 0.6) is 11.5 Å². The van der Waals surface area contributed by atoms with Gasteiger partial charge in [-0.3, -0.25) is 14.5 Å². The number of amides is 1. The van der Waals surface area contributed by atoms with Gasteiger partial charge >= 0.3 is 0 Å². The molecule has 0 spiro atoms. The number of para-hydroxylation sites is 1. The first-order chi connectivity index (χ1) is 19.0. The molecule has 3 heterocycles. The maximum Gasteiger partial charge on any atom is 0.296 e. The zero-order valence-corrected chi connectivity index (χ0v) is 21.6. The van der Waals surface area contributed by atoms with Crippen molar-refractivity contribution in [3.63, 3.8) is 0 Å². The Bertz CT molecular complexity index is 1680. The van der Waals surface area contributed by atoms with Crippen LogP contribution in [0.1, 0.15) is 27.7 Å². The van der Waals surface area contributed by atoms with Crippen LogP contribution in [-0.4, -0.2) is 28.9 Å². The van der Waals surface area contributed by atoms with E-state index in [0.29, 0.717) is 34.4 Å². The van der Waals surface area contributed by atoms with Crippen LogP contribution in [0.4, 0.5) is 5.13 Å². The van der Waals surface area contributed by atoms with Crippen molar-refractivity contribution in [1.29, 1.82) is 0 Å². The lowest BCUT2D eigenvalue weighted by molar-refractivity contribution is -0.117. The number of hydrogen-bond donors (Lipinski definition) is 1. The van der Waals surface area contributed by atoms with Gasteiger partial charge < -0.3 is 19.0 Å². The average molecular weight is 539 g/mol. The van der Waals surface area contributed by atoms with Crippen LogP contribution in [-0.2, 0) is 11.4 Å². The fraction of sp³-hybridized carbons (Fsp3) is 0.100. The number of aromatic nitrogens is 1. The third kappa shape index (κ3) is 4.42. The summed E-state index contributed by atoms with van der Waals surface area (Å²) < 4.78 is 17.4. The van der Waals surface area contributed by atoms with Crippen LogP contribution in [0.25, 0.3) is 11.0 Å². The predicted octanol–water partition coefficient (Wildman–Crippen LogP) is 6.26. The third-order valence-electron chi connectivity index (χ3n) is 6.47. The van der Waals surface area contributed by atoms with Crippen LogP contribution in [0.3, 0.4) is 0 Å². The molecule has 6 rings (SSSR count). The third-order valence-corrected chi connectivity index (χ3v) is 7.24. The number of ketones is 1. The van der Waals surface area contributed by atoms with E-state index in [1.54, 1.807) is 48.0 Å². The highest BCUT2D eigenvalue weighted by Crippen LogP contribution is 2.44. The molecule has 1 amide bonds. The van der Waals surface area contributed by atoms with Gasteiger partial charge in [-0.15, -0.1) is 11.3 Å². The lowest BCUT2D eigenvalue weighted by Gasteiger charge is -2.25. The highest BCUT2D eigenvalue weighted by atomic mass is 32.1. The summed E-state index contributed by atoms with van der Waals surface area (Å²) in [4.78, 5) is 32.7. The number of furan rings is 1. The van der Waals surface area contributed by atoms with Crippen molar-refractivity contribution in [3.05, 3.63) is 119 Å². The number of rotatable bonds is 8. The van der Waals surface area contributed by atoms with Crippen molar-refractivity contribution < 1.29 is 28.6 Å². The molecule has 0 saturated heterocycles. The number of fused-ring (bicyclic) bond motifs is 1. The smallest absolute Gasteiger partial charge is 0.296 e. The first-order valence-corrected chi connectivity index (χ1v) is 13.0. The molecule has 2 aromatic heterocycles. The number of aliphatic hydroxyl groups excluding tert-OH is 1. The molecule has 0 bridgehead atoms. The van der Waals surface area contributed by atoms with Gasteiger partial charge in [0.15, 0.2) is 28.1 Å². The second-order valence-electron chi connectivity index (χ2n) is 8.82. The molecule has 0 saturated carbocycles. The highest BCUT2D eigenvalue weighted by molar-refractivity contribution is 7.13. The summed E-state index contributed by atoms with van der Waals surface area (Å²) in [5, 5.41) is 13.8. The zero-order chi connectivity index (χ0) is 26.9. The largest absolute Gasteiger partial charge is 0.503 e. The van der Waals surface area contributed by atoms with Crippen molar-refractivity contribution >= 4 is 39.1 Å². The van der Waals surface area contributed by atoms with Crippen molar-refractivity contribution in [2.75, 3.05) is 12.0 Å². The van der Waals surface area contributed by atoms with E-state index in [0.717, 1.165) is 10.9 Å². The van der Waals surface area contributed by atoms with E-state index in [1.807, 2.05) is 42.5 Å². The molecule has 1 N–H and O–H groups in total. The van der Waals surface area contributed by atoms with Gasteiger partial charge in [0, 0.05) is 17.0 Å². The molecular weight excluding hydrogens is 516 g/mol. The number of thiazole rings is 1. The minimum Gasteiger partial charge on any atom is -0.503 e. The molecule has 5 aromatic rings. The lowest BCUT2D eigenvalue weighted by atomic mass is 9.95. The molecule has 9 heteroatoms. The van der Waals surface area contributed by atoms with Crippen LogP contribution >= 0.6 is 11.3 Å². The van der Waals surface area contributed by atoms with E-state index >= 15 is 0 Å². The van der Waals surface area contributed by atoms with Crippen LogP contribution < -0.4 is 14.4 Å². The van der Waals surface area contributed by atoms with Crippen LogP contribution in [0.2, 0.25) is 0 Å². The first kappa shape index (κ1) is 24.4. The van der Waals surface area contributed by atoms with Crippen molar-refractivity contribution in [3.8, 4) is 11.5 Å².